The predicted molar refractivity (Wildman–Crippen MR) is 108 cm³/mol. The van der Waals surface area contributed by atoms with Crippen LogP contribution in [0.2, 0.25) is 0 Å². The van der Waals surface area contributed by atoms with Gasteiger partial charge in [-0.15, -0.1) is 0 Å². The van der Waals surface area contributed by atoms with E-state index in [1.54, 1.807) is 0 Å². The quantitative estimate of drug-likeness (QED) is 0.455. The molecular formula is C24H27N. The maximum absolute atomic E-state index is 4.96. The lowest BCUT2D eigenvalue weighted by molar-refractivity contribution is 0.717. The van der Waals surface area contributed by atoms with Gasteiger partial charge in [-0.05, 0) is 44.4 Å². The molecule has 0 fully saturated rings. The monoisotopic (exact) mass is 329 g/mol. The lowest BCUT2D eigenvalue weighted by atomic mass is 10.0. The molecule has 1 heteroatoms. The van der Waals surface area contributed by atoms with Crippen molar-refractivity contribution < 1.29 is 0 Å². The highest BCUT2D eigenvalue weighted by Crippen LogP contribution is 2.26. The summed E-state index contributed by atoms with van der Waals surface area (Å²) in [4.78, 5) is 4.96. The van der Waals surface area contributed by atoms with E-state index in [1.165, 1.54) is 47.1 Å². The summed E-state index contributed by atoms with van der Waals surface area (Å²) in [6, 6.07) is 21.9. The fourth-order valence-corrected chi connectivity index (χ4v) is 3.06. The lowest BCUT2D eigenvalue weighted by Crippen LogP contribution is -1.94. The van der Waals surface area contributed by atoms with Gasteiger partial charge in [0.25, 0.3) is 0 Å². The van der Waals surface area contributed by atoms with Gasteiger partial charge >= 0.3 is 0 Å². The summed E-state index contributed by atoms with van der Waals surface area (Å²) < 4.78 is 0. The average molecular weight is 329 g/mol. The highest BCUT2D eigenvalue weighted by molar-refractivity contribution is 5.67. The summed E-state index contributed by atoms with van der Waals surface area (Å²) in [5.41, 5.74) is 8.47. The van der Waals surface area contributed by atoms with Crippen LogP contribution in [0.4, 0.5) is 0 Å². The second-order valence-corrected chi connectivity index (χ2v) is 6.94. The number of hydrogen-bond donors (Lipinski definition) is 0. The Morgan fingerprint density at radius 3 is 1.60 bits per heavy atom. The van der Waals surface area contributed by atoms with Crippen LogP contribution in [0.15, 0.2) is 60.7 Å². The van der Waals surface area contributed by atoms with E-state index < -0.39 is 0 Å². The molecule has 1 aromatic heterocycles. The minimum atomic E-state index is 1.07. The van der Waals surface area contributed by atoms with E-state index in [9.17, 15) is 0 Å². The highest BCUT2D eigenvalue weighted by atomic mass is 14.7. The SMILES string of the molecule is CCCCCc1cc(-c2ccc(C)cc2)nc(-c2ccc(C)cc2)c1. The van der Waals surface area contributed by atoms with E-state index >= 15 is 0 Å². The standard InChI is InChI=1S/C24H27N/c1-4-5-6-7-20-16-23(21-12-8-18(2)9-13-21)25-24(17-20)22-14-10-19(3)11-15-22/h8-17H,4-7H2,1-3H3. The maximum Gasteiger partial charge on any atom is 0.0712 e. The third-order valence-corrected chi connectivity index (χ3v) is 4.65. The van der Waals surface area contributed by atoms with E-state index in [1.807, 2.05) is 0 Å². The van der Waals surface area contributed by atoms with Crippen molar-refractivity contribution in [2.75, 3.05) is 0 Å². The van der Waals surface area contributed by atoms with Gasteiger partial charge in [0.1, 0.15) is 0 Å². The van der Waals surface area contributed by atoms with E-state index in [0.29, 0.717) is 0 Å². The number of rotatable bonds is 6. The minimum absolute atomic E-state index is 1.07. The van der Waals surface area contributed by atoms with E-state index in [-0.39, 0.29) is 0 Å². The molecule has 0 aliphatic carbocycles. The number of hydrogen-bond acceptors (Lipinski definition) is 1. The Kier molecular flexibility index (Phi) is 5.65. The molecule has 3 rings (SSSR count). The van der Waals surface area contributed by atoms with E-state index in [4.69, 9.17) is 4.98 Å². The molecule has 0 N–H and O–H groups in total. The van der Waals surface area contributed by atoms with Crippen molar-refractivity contribution in [1.29, 1.82) is 0 Å². The van der Waals surface area contributed by atoms with Gasteiger partial charge < -0.3 is 0 Å². The van der Waals surface area contributed by atoms with Gasteiger partial charge in [0.05, 0.1) is 11.4 Å². The first-order valence-electron chi connectivity index (χ1n) is 9.31. The van der Waals surface area contributed by atoms with Crippen LogP contribution in [0, 0.1) is 13.8 Å². The van der Waals surface area contributed by atoms with Crippen LogP contribution in [0.1, 0.15) is 42.9 Å². The molecule has 0 amide bonds. The molecule has 0 aliphatic rings. The van der Waals surface area contributed by atoms with Gasteiger partial charge in [-0.2, -0.15) is 0 Å². The summed E-state index contributed by atoms with van der Waals surface area (Å²) in [6.07, 6.45) is 4.89. The van der Waals surface area contributed by atoms with Crippen LogP contribution in [0.25, 0.3) is 22.5 Å². The van der Waals surface area contributed by atoms with Crippen molar-refractivity contribution in [2.45, 2.75) is 46.5 Å². The van der Waals surface area contributed by atoms with Gasteiger partial charge in [-0.25, -0.2) is 4.98 Å². The van der Waals surface area contributed by atoms with Crippen LogP contribution >= 0.6 is 0 Å². The van der Waals surface area contributed by atoms with Gasteiger partial charge in [-0.3, -0.25) is 0 Å². The number of aryl methyl sites for hydroxylation is 3. The molecule has 3 aromatic rings. The summed E-state index contributed by atoms with van der Waals surface area (Å²) in [7, 11) is 0. The molecule has 1 nitrogen and oxygen atoms in total. The molecule has 2 aromatic carbocycles. The fourth-order valence-electron chi connectivity index (χ4n) is 3.06. The summed E-state index contributed by atoms with van der Waals surface area (Å²) >= 11 is 0. The number of aromatic nitrogens is 1. The summed E-state index contributed by atoms with van der Waals surface area (Å²) in [5, 5.41) is 0. The predicted octanol–water partition coefficient (Wildman–Crippen LogP) is 6.77. The molecule has 0 saturated heterocycles. The fraction of sp³-hybridized carbons (Fsp3) is 0.292. The third kappa shape index (κ3) is 4.57. The van der Waals surface area contributed by atoms with Crippen LogP contribution in [0.3, 0.4) is 0 Å². The van der Waals surface area contributed by atoms with Gasteiger partial charge in [-0.1, -0.05) is 79.4 Å². The molecule has 128 valence electrons. The van der Waals surface area contributed by atoms with Gasteiger partial charge in [0, 0.05) is 11.1 Å². The second kappa shape index (κ2) is 8.11. The molecular weight excluding hydrogens is 302 g/mol. The van der Waals surface area contributed by atoms with E-state index in [0.717, 1.165) is 17.8 Å². The normalized spacial score (nSPS) is 10.8. The van der Waals surface area contributed by atoms with Crippen molar-refractivity contribution in [3.8, 4) is 22.5 Å². The Balaban J connectivity index is 2.01. The maximum atomic E-state index is 4.96. The number of nitrogens with zero attached hydrogens (tertiary/aromatic N) is 1. The molecule has 0 unspecified atom stereocenters. The molecule has 25 heavy (non-hydrogen) atoms. The Bertz CT molecular complexity index is 750. The summed E-state index contributed by atoms with van der Waals surface area (Å²) in [5.74, 6) is 0. The van der Waals surface area contributed by atoms with Crippen molar-refractivity contribution >= 4 is 0 Å². The minimum Gasteiger partial charge on any atom is -0.248 e. The van der Waals surface area contributed by atoms with Crippen molar-refractivity contribution in [1.82, 2.24) is 4.98 Å². The van der Waals surface area contributed by atoms with Gasteiger partial charge in [0.15, 0.2) is 0 Å². The smallest absolute Gasteiger partial charge is 0.0712 e. The zero-order valence-corrected chi connectivity index (χ0v) is 15.5. The van der Waals surface area contributed by atoms with Gasteiger partial charge in [0.2, 0.25) is 0 Å². The average Bonchev–Trinajstić information content (AvgIpc) is 2.63. The summed E-state index contributed by atoms with van der Waals surface area (Å²) in [6.45, 7) is 6.49. The molecule has 0 spiro atoms. The third-order valence-electron chi connectivity index (χ3n) is 4.65. The van der Waals surface area contributed by atoms with Crippen LogP contribution in [-0.2, 0) is 6.42 Å². The number of unbranched alkanes of at least 4 members (excludes halogenated alkanes) is 2. The molecule has 0 saturated carbocycles. The lowest BCUT2D eigenvalue weighted by Gasteiger charge is -2.10. The van der Waals surface area contributed by atoms with Crippen LogP contribution < -0.4 is 0 Å². The first-order chi connectivity index (χ1) is 12.2. The number of benzene rings is 2. The Labute approximate surface area is 151 Å². The topological polar surface area (TPSA) is 12.9 Å². The Morgan fingerprint density at radius 1 is 0.680 bits per heavy atom. The van der Waals surface area contributed by atoms with Crippen LogP contribution in [0.5, 0.6) is 0 Å². The van der Waals surface area contributed by atoms with E-state index in [2.05, 4.69) is 81.4 Å². The molecule has 1 heterocycles. The highest BCUT2D eigenvalue weighted by Gasteiger charge is 2.07. The largest absolute Gasteiger partial charge is 0.248 e. The molecule has 0 atom stereocenters. The van der Waals surface area contributed by atoms with Crippen LogP contribution in [-0.4, -0.2) is 4.98 Å². The first kappa shape index (κ1) is 17.4. The second-order valence-electron chi connectivity index (χ2n) is 6.94. The van der Waals surface area contributed by atoms with Crippen molar-refractivity contribution in [3.05, 3.63) is 77.4 Å². The zero-order valence-electron chi connectivity index (χ0n) is 15.5. The molecule has 0 aliphatic heterocycles. The number of pyridine rings is 1. The first-order valence-corrected chi connectivity index (χ1v) is 9.31. The van der Waals surface area contributed by atoms with Crippen molar-refractivity contribution in [2.24, 2.45) is 0 Å². The Hall–Kier alpha value is -2.41. The molecule has 0 radical (unpaired) electrons. The zero-order chi connectivity index (χ0) is 17.6. The Morgan fingerprint density at radius 2 is 1.16 bits per heavy atom. The molecule has 0 bridgehead atoms. The van der Waals surface area contributed by atoms with Crippen molar-refractivity contribution in [3.63, 3.8) is 0 Å².